The number of hydrogen-bond donors (Lipinski definition) is 1. The van der Waals surface area contributed by atoms with E-state index in [0.29, 0.717) is 6.04 Å². The van der Waals surface area contributed by atoms with Gasteiger partial charge in [-0.05, 0) is 55.5 Å². The Morgan fingerprint density at radius 2 is 2.00 bits per heavy atom. The monoisotopic (exact) mass is 296 g/mol. The molecule has 2 heterocycles. The van der Waals surface area contributed by atoms with Gasteiger partial charge in [0.05, 0.1) is 0 Å². The van der Waals surface area contributed by atoms with Crippen LogP contribution in [-0.4, -0.2) is 4.98 Å². The van der Waals surface area contributed by atoms with Crippen molar-refractivity contribution >= 4 is 22.1 Å². The van der Waals surface area contributed by atoms with Crippen LogP contribution < -0.4 is 5.32 Å². The normalized spacial score (nSPS) is 12.7. The molecule has 0 fully saturated rings. The summed E-state index contributed by atoms with van der Waals surface area (Å²) in [5.74, 6) is 0. The molecule has 0 saturated carbocycles. The fourth-order valence-corrected chi connectivity index (χ4v) is 3.73. The number of aryl methyl sites for hydroxylation is 2. The standard InChI is InChI=1S/C18H20N2S/c1-12-8-18(14(3)21-12)13(2)20-10-15-4-5-17-11-19-7-6-16(17)9-15/h4-9,11,13,20H,10H2,1-3H3. The number of thiophene rings is 1. The molecule has 0 amide bonds. The van der Waals surface area contributed by atoms with E-state index >= 15 is 0 Å². The zero-order valence-electron chi connectivity index (χ0n) is 12.7. The summed E-state index contributed by atoms with van der Waals surface area (Å²) in [6.45, 7) is 7.49. The zero-order chi connectivity index (χ0) is 14.8. The Morgan fingerprint density at radius 1 is 1.14 bits per heavy atom. The van der Waals surface area contributed by atoms with Crippen LogP contribution in [0.15, 0.2) is 42.7 Å². The maximum absolute atomic E-state index is 4.15. The van der Waals surface area contributed by atoms with Crippen LogP contribution in [0.1, 0.15) is 33.8 Å². The number of fused-ring (bicyclic) bond motifs is 1. The average Bonchev–Trinajstić information content (AvgIpc) is 2.83. The minimum absolute atomic E-state index is 0.378. The van der Waals surface area contributed by atoms with Crippen molar-refractivity contribution in [3.63, 3.8) is 0 Å². The molecule has 21 heavy (non-hydrogen) atoms. The lowest BCUT2D eigenvalue weighted by Gasteiger charge is -2.14. The van der Waals surface area contributed by atoms with E-state index in [2.05, 4.69) is 61.4 Å². The van der Waals surface area contributed by atoms with Crippen LogP contribution in [0.3, 0.4) is 0 Å². The van der Waals surface area contributed by atoms with E-state index in [1.54, 1.807) is 0 Å². The molecule has 2 nitrogen and oxygen atoms in total. The van der Waals surface area contributed by atoms with Crippen LogP contribution in [-0.2, 0) is 6.54 Å². The first-order valence-corrected chi connectivity index (χ1v) is 8.08. The molecule has 0 spiro atoms. The topological polar surface area (TPSA) is 24.9 Å². The quantitative estimate of drug-likeness (QED) is 0.750. The minimum Gasteiger partial charge on any atom is -0.306 e. The Kier molecular flexibility index (Phi) is 4.04. The molecule has 3 rings (SSSR count). The second kappa shape index (κ2) is 5.96. The first-order valence-electron chi connectivity index (χ1n) is 7.26. The molecule has 0 bridgehead atoms. The predicted octanol–water partition coefficient (Wildman–Crippen LogP) is 4.76. The van der Waals surface area contributed by atoms with Crippen LogP contribution in [0, 0.1) is 13.8 Å². The number of benzene rings is 1. The second-order valence-electron chi connectivity index (χ2n) is 5.53. The van der Waals surface area contributed by atoms with E-state index in [4.69, 9.17) is 0 Å². The minimum atomic E-state index is 0.378. The molecule has 0 saturated heterocycles. The Hall–Kier alpha value is -1.71. The van der Waals surface area contributed by atoms with Crippen molar-refractivity contribution in [2.45, 2.75) is 33.4 Å². The largest absolute Gasteiger partial charge is 0.306 e. The lowest BCUT2D eigenvalue weighted by Crippen LogP contribution is -2.18. The summed E-state index contributed by atoms with van der Waals surface area (Å²) in [5.41, 5.74) is 2.73. The van der Waals surface area contributed by atoms with Crippen molar-refractivity contribution in [1.82, 2.24) is 10.3 Å². The van der Waals surface area contributed by atoms with Crippen LogP contribution in [0.4, 0.5) is 0 Å². The number of aromatic nitrogens is 1. The van der Waals surface area contributed by atoms with Gasteiger partial charge in [-0.25, -0.2) is 0 Å². The number of pyridine rings is 1. The smallest absolute Gasteiger partial charge is 0.0346 e. The molecule has 1 N–H and O–H groups in total. The van der Waals surface area contributed by atoms with E-state index < -0.39 is 0 Å². The van der Waals surface area contributed by atoms with Crippen molar-refractivity contribution < 1.29 is 0 Å². The summed E-state index contributed by atoms with van der Waals surface area (Å²) in [6, 6.07) is 11.3. The van der Waals surface area contributed by atoms with Gasteiger partial charge in [-0.15, -0.1) is 11.3 Å². The molecule has 3 aromatic rings. The molecule has 3 heteroatoms. The number of nitrogens with one attached hydrogen (secondary N) is 1. The maximum Gasteiger partial charge on any atom is 0.0346 e. The highest BCUT2D eigenvalue weighted by Gasteiger charge is 2.10. The van der Waals surface area contributed by atoms with Gasteiger partial charge in [0.1, 0.15) is 0 Å². The molecule has 1 unspecified atom stereocenters. The fourth-order valence-electron chi connectivity index (χ4n) is 2.70. The second-order valence-corrected chi connectivity index (χ2v) is 6.99. The van der Waals surface area contributed by atoms with Gasteiger partial charge in [0.25, 0.3) is 0 Å². The Bertz CT molecular complexity index is 761. The SMILES string of the molecule is Cc1cc(C(C)NCc2ccc3cnccc3c2)c(C)s1. The molecule has 0 radical (unpaired) electrons. The highest BCUT2D eigenvalue weighted by Crippen LogP contribution is 2.26. The van der Waals surface area contributed by atoms with Gasteiger partial charge in [0.15, 0.2) is 0 Å². The highest BCUT2D eigenvalue weighted by molar-refractivity contribution is 7.12. The van der Waals surface area contributed by atoms with Crippen molar-refractivity contribution in [2.75, 3.05) is 0 Å². The average molecular weight is 296 g/mol. The Labute approximate surface area is 129 Å². The van der Waals surface area contributed by atoms with Gasteiger partial charge in [0.2, 0.25) is 0 Å². The van der Waals surface area contributed by atoms with Gasteiger partial charge in [-0.2, -0.15) is 0 Å². The number of hydrogen-bond acceptors (Lipinski definition) is 3. The van der Waals surface area contributed by atoms with Gasteiger partial charge in [-0.1, -0.05) is 12.1 Å². The third kappa shape index (κ3) is 3.14. The maximum atomic E-state index is 4.15. The lowest BCUT2D eigenvalue weighted by atomic mass is 10.1. The molecule has 2 aromatic heterocycles. The highest BCUT2D eigenvalue weighted by atomic mass is 32.1. The van der Waals surface area contributed by atoms with E-state index in [1.807, 2.05) is 23.7 Å². The van der Waals surface area contributed by atoms with Crippen molar-refractivity contribution in [3.05, 3.63) is 63.6 Å². The van der Waals surface area contributed by atoms with Gasteiger partial charge in [-0.3, -0.25) is 4.98 Å². The number of rotatable bonds is 4. The molecule has 0 aliphatic heterocycles. The summed E-state index contributed by atoms with van der Waals surface area (Å²) in [4.78, 5) is 6.95. The predicted molar refractivity (Wildman–Crippen MR) is 90.8 cm³/mol. The summed E-state index contributed by atoms with van der Waals surface area (Å²) in [5, 5.41) is 6.07. The molecular formula is C18H20N2S. The summed E-state index contributed by atoms with van der Waals surface area (Å²) < 4.78 is 0. The van der Waals surface area contributed by atoms with Gasteiger partial charge in [0, 0.05) is 40.1 Å². The first kappa shape index (κ1) is 14.2. The zero-order valence-corrected chi connectivity index (χ0v) is 13.5. The third-order valence-electron chi connectivity index (χ3n) is 3.86. The molecule has 0 aliphatic rings. The summed E-state index contributed by atoms with van der Waals surface area (Å²) in [7, 11) is 0. The molecule has 1 atom stereocenters. The van der Waals surface area contributed by atoms with Crippen molar-refractivity contribution in [2.24, 2.45) is 0 Å². The Balaban J connectivity index is 1.72. The molecule has 1 aromatic carbocycles. The van der Waals surface area contributed by atoms with Crippen molar-refractivity contribution in [3.8, 4) is 0 Å². The van der Waals surface area contributed by atoms with Crippen LogP contribution in [0.5, 0.6) is 0 Å². The van der Waals surface area contributed by atoms with Crippen LogP contribution in [0.2, 0.25) is 0 Å². The molecule has 0 aliphatic carbocycles. The van der Waals surface area contributed by atoms with E-state index in [-0.39, 0.29) is 0 Å². The van der Waals surface area contributed by atoms with E-state index in [0.717, 1.165) is 6.54 Å². The van der Waals surface area contributed by atoms with Crippen LogP contribution in [0.25, 0.3) is 10.8 Å². The van der Waals surface area contributed by atoms with E-state index in [9.17, 15) is 0 Å². The third-order valence-corrected chi connectivity index (χ3v) is 4.84. The molecular weight excluding hydrogens is 276 g/mol. The van der Waals surface area contributed by atoms with E-state index in [1.165, 1.54) is 31.7 Å². The Morgan fingerprint density at radius 3 is 2.76 bits per heavy atom. The lowest BCUT2D eigenvalue weighted by molar-refractivity contribution is 0.574. The van der Waals surface area contributed by atoms with Crippen molar-refractivity contribution in [1.29, 1.82) is 0 Å². The van der Waals surface area contributed by atoms with Crippen LogP contribution >= 0.6 is 11.3 Å². The number of nitrogens with zero attached hydrogens (tertiary/aromatic N) is 1. The first-order chi connectivity index (χ1) is 10.1. The molecule has 108 valence electrons. The fraction of sp³-hybridized carbons (Fsp3) is 0.278. The summed E-state index contributed by atoms with van der Waals surface area (Å²) in [6.07, 6.45) is 3.76. The van der Waals surface area contributed by atoms with Gasteiger partial charge >= 0.3 is 0 Å². The van der Waals surface area contributed by atoms with Gasteiger partial charge < -0.3 is 5.32 Å². The summed E-state index contributed by atoms with van der Waals surface area (Å²) >= 11 is 1.87.